The van der Waals surface area contributed by atoms with E-state index in [0.29, 0.717) is 18.2 Å². The molecule has 0 saturated carbocycles. The molecule has 0 saturated heterocycles. The lowest BCUT2D eigenvalue weighted by Crippen LogP contribution is -2.35. The minimum atomic E-state index is -0.0721. The largest absolute Gasteiger partial charge is 0.500 e. The van der Waals surface area contributed by atoms with Crippen LogP contribution in [0.15, 0.2) is 66.4 Å². The first kappa shape index (κ1) is 16.3. The van der Waals surface area contributed by atoms with Gasteiger partial charge in [0.1, 0.15) is 13.2 Å². The summed E-state index contributed by atoms with van der Waals surface area (Å²) in [5.74, 6) is -0.0721. The summed E-state index contributed by atoms with van der Waals surface area (Å²) in [7, 11) is 0. The SMILES string of the molecule is C=COCCN1C(=O)CN=C(c2ccccc2)c2cc(Cl)ccc21. The summed E-state index contributed by atoms with van der Waals surface area (Å²) in [6, 6.07) is 15.3. The zero-order valence-electron chi connectivity index (χ0n) is 13.1. The zero-order chi connectivity index (χ0) is 16.9. The molecule has 0 atom stereocenters. The van der Waals surface area contributed by atoms with Crippen LogP contribution < -0.4 is 4.90 Å². The van der Waals surface area contributed by atoms with Crippen molar-refractivity contribution in [1.29, 1.82) is 0 Å². The van der Waals surface area contributed by atoms with Crippen molar-refractivity contribution in [2.24, 2.45) is 4.99 Å². The molecule has 0 aliphatic carbocycles. The Morgan fingerprint density at radius 1 is 1.25 bits per heavy atom. The van der Waals surface area contributed by atoms with E-state index in [0.717, 1.165) is 22.5 Å². The molecule has 0 unspecified atom stereocenters. The number of aliphatic imine (C=N–C) groups is 1. The molecule has 1 amide bonds. The maximum absolute atomic E-state index is 12.5. The van der Waals surface area contributed by atoms with Gasteiger partial charge in [-0.1, -0.05) is 48.5 Å². The smallest absolute Gasteiger partial charge is 0.248 e. The van der Waals surface area contributed by atoms with E-state index in [4.69, 9.17) is 16.3 Å². The van der Waals surface area contributed by atoms with Crippen LogP contribution in [-0.2, 0) is 9.53 Å². The van der Waals surface area contributed by atoms with Crippen molar-refractivity contribution in [3.05, 3.63) is 77.5 Å². The van der Waals surface area contributed by atoms with Crippen molar-refractivity contribution in [3.63, 3.8) is 0 Å². The Bertz CT molecular complexity index is 787. The van der Waals surface area contributed by atoms with Crippen LogP contribution in [0.2, 0.25) is 5.02 Å². The molecule has 0 fully saturated rings. The molecule has 4 nitrogen and oxygen atoms in total. The third-order valence-corrected chi connectivity index (χ3v) is 4.01. The van der Waals surface area contributed by atoms with Gasteiger partial charge in [-0.25, -0.2) is 0 Å². The van der Waals surface area contributed by atoms with Gasteiger partial charge in [-0.05, 0) is 18.2 Å². The van der Waals surface area contributed by atoms with Gasteiger partial charge in [0.2, 0.25) is 5.91 Å². The quantitative estimate of drug-likeness (QED) is 0.615. The second kappa shape index (κ2) is 7.32. The number of ether oxygens (including phenoxy) is 1. The predicted octanol–water partition coefficient (Wildman–Crippen LogP) is 3.68. The Kier molecular flexibility index (Phi) is 4.96. The Balaban J connectivity index is 2.07. The lowest BCUT2D eigenvalue weighted by Gasteiger charge is -2.23. The van der Waals surface area contributed by atoms with Crippen molar-refractivity contribution in [1.82, 2.24) is 0 Å². The van der Waals surface area contributed by atoms with Gasteiger partial charge in [-0.15, -0.1) is 0 Å². The maximum Gasteiger partial charge on any atom is 0.248 e. The average Bonchev–Trinajstić information content (AvgIpc) is 2.73. The van der Waals surface area contributed by atoms with Gasteiger partial charge in [0.15, 0.2) is 0 Å². The molecule has 0 bridgehead atoms. The molecule has 0 N–H and O–H groups in total. The summed E-state index contributed by atoms with van der Waals surface area (Å²) < 4.78 is 5.18. The van der Waals surface area contributed by atoms with E-state index in [1.54, 1.807) is 11.0 Å². The number of benzodiazepines with no additional fused rings is 1. The number of carbonyl (C=O) groups is 1. The first-order valence-electron chi connectivity index (χ1n) is 7.63. The van der Waals surface area contributed by atoms with Crippen molar-refractivity contribution < 1.29 is 9.53 Å². The molecule has 5 heteroatoms. The van der Waals surface area contributed by atoms with Crippen molar-refractivity contribution in [2.45, 2.75) is 0 Å². The van der Waals surface area contributed by atoms with Gasteiger partial charge in [0.05, 0.1) is 24.2 Å². The van der Waals surface area contributed by atoms with Crippen LogP contribution in [0.25, 0.3) is 0 Å². The number of fused-ring (bicyclic) bond motifs is 1. The number of carbonyl (C=O) groups excluding carboxylic acids is 1. The summed E-state index contributed by atoms with van der Waals surface area (Å²) in [6.45, 7) is 4.41. The molecule has 2 aromatic rings. The monoisotopic (exact) mass is 340 g/mol. The van der Waals surface area contributed by atoms with E-state index in [-0.39, 0.29) is 12.5 Å². The second-order valence-corrected chi connectivity index (χ2v) is 5.71. The number of hydrogen-bond acceptors (Lipinski definition) is 3. The Labute approximate surface area is 146 Å². The third kappa shape index (κ3) is 3.34. The first-order chi connectivity index (χ1) is 11.7. The van der Waals surface area contributed by atoms with Crippen molar-refractivity contribution >= 4 is 28.9 Å². The fourth-order valence-electron chi connectivity index (χ4n) is 2.70. The number of amides is 1. The van der Waals surface area contributed by atoms with Crippen molar-refractivity contribution in [2.75, 3.05) is 24.6 Å². The summed E-state index contributed by atoms with van der Waals surface area (Å²) in [4.78, 5) is 18.8. The molecule has 3 rings (SSSR count). The van der Waals surface area contributed by atoms with E-state index < -0.39 is 0 Å². The van der Waals surface area contributed by atoms with E-state index >= 15 is 0 Å². The Morgan fingerprint density at radius 3 is 2.79 bits per heavy atom. The normalized spacial score (nSPS) is 13.8. The van der Waals surface area contributed by atoms with Crippen LogP contribution in [0.1, 0.15) is 11.1 Å². The minimum Gasteiger partial charge on any atom is -0.500 e. The Morgan fingerprint density at radius 2 is 2.04 bits per heavy atom. The third-order valence-electron chi connectivity index (χ3n) is 3.78. The summed E-state index contributed by atoms with van der Waals surface area (Å²) in [6.07, 6.45) is 1.37. The number of halogens is 1. The van der Waals surface area contributed by atoms with Crippen LogP contribution in [0.4, 0.5) is 5.69 Å². The molecule has 1 heterocycles. The van der Waals surface area contributed by atoms with Gasteiger partial charge in [0, 0.05) is 16.1 Å². The molecule has 0 aromatic heterocycles. The highest BCUT2D eigenvalue weighted by atomic mass is 35.5. The zero-order valence-corrected chi connectivity index (χ0v) is 13.9. The number of nitrogens with zero attached hydrogens (tertiary/aromatic N) is 2. The fourth-order valence-corrected chi connectivity index (χ4v) is 2.87. The Hall–Kier alpha value is -2.59. The minimum absolute atomic E-state index is 0.0721. The van der Waals surface area contributed by atoms with E-state index in [9.17, 15) is 4.79 Å². The summed E-state index contributed by atoms with van der Waals surface area (Å²) >= 11 is 6.20. The first-order valence-corrected chi connectivity index (χ1v) is 8.01. The topological polar surface area (TPSA) is 41.9 Å². The molecule has 2 aromatic carbocycles. The average molecular weight is 341 g/mol. The molecule has 1 aliphatic heterocycles. The van der Waals surface area contributed by atoms with Crippen LogP contribution in [-0.4, -0.2) is 31.3 Å². The predicted molar refractivity (Wildman–Crippen MR) is 96.9 cm³/mol. The molecular weight excluding hydrogens is 324 g/mol. The van der Waals surface area contributed by atoms with E-state index in [1.807, 2.05) is 42.5 Å². The van der Waals surface area contributed by atoms with E-state index in [1.165, 1.54) is 6.26 Å². The molecule has 1 aliphatic rings. The summed E-state index contributed by atoms with van der Waals surface area (Å²) in [5, 5.41) is 0.606. The standard InChI is InChI=1S/C19H17ClN2O2/c1-2-24-11-10-22-17-9-8-15(20)12-16(17)19(21-13-18(22)23)14-6-4-3-5-7-14/h2-9,12H,1,10-11,13H2. The highest BCUT2D eigenvalue weighted by Crippen LogP contribution is 2.29. The van der Waals surface area contributed by atoms with Gasteiger partial charge in [-0.2, -0.15) is 0 Å². The lowest BCUT2D eigenvalue weighted by atomic mass is 10.0. The highest BCUT2D eigenvalue weighted by Gasteiger charge is 2.25. The van der Waals surface area contributed by atoms with Gasteiger partial charge >= 0.3 is 0 Å². The van der Waals surface area contributed by atoms with Crippen LogP contribution >= 0.6 is 11.6 Å². The lowest BCUT2D eigenvalue weighted by molar-refractivity contribution is -0.117. The molecule has 122 valence electrons. The molecule has 0 radical (unpaired) electrons. The van der Waals surface area contributed by atoms with Crippen molar-refractivity contribution in [3.8, 4) is 0 Å². The van der Waals surface area contributed by atoms with Crippen LogP contribution in [0.3, 0.4) is 0 Å². The molecule has 0 spiro atoms. The number of benzene rings is 2. The van der Waals surface area contributed by atoms with E-state index in [2.05, 4.69) is 11.6 Å². The summed E-state index contributed by atoms with van der Waals surface area (Å²) in [5.41, 5.74) is 3.36. The number of hydrogen-bond donors (Lipinski definition) is 0. The maximum atomic E-state index is 12.5. The molecular formula is C19H17ClN2O2. The fraction of sp³-hybridized carbons (Fsp3) is 0.158. The van der Waals surface area contributed by atoms with Crippen LogP contribution in [0, 0.1) is 0 Å². The molecule has 24 heavy (non-hydrogen) atoms. The van der Waals surface area contributed by atoms with Gasteiger partial charge in [-0.3, -0.25) is 9.79 Å². The van der Waals surface area contributed by atoms with Gasteiger partial charge < -0.3 is 9.64 Å². The highest BCUT2D eigenvalue weighted by molar-refractivity contribution is 6.32. The van der Waals surface area contributed by atoms with Gasteiger partial charge in [0.25, 0.3) is 0 Å². The van der Waals surface area contributed by atoms with Crippen LogP contribution in [0.5, 0.6) is 0 Å². The number of rotatable bonds is 5. The second-order valence-electron chi connectivity index (χ2n) is 5.28. The number of anilines is 1.